The molecule has 2 unspecified atom stereocenters. The van der Waals surface area contributed by atoms with Crippen LogP contribution >= 0.6 is 0 Å². The Morgan fingerprint density at radius 2 is 2.26 bits per heavy atom. The molecule has 0 aliphatic heterocycles. The van der Waals surface area contributed by atoms with Gasteiger partial charge >= 0.3 is 5.69 Å². The quantitative estimate of drug-likeness (QED) is 0.547. The molecule has 4 N–H and O–H groups in total. The van der Waals surface area contributed by atoms with Crippen LogP contribution in [0.1, 0.15) is 25.7 Å². The van der Waals surface area contributed by atoms with Crippen LogP contribution in [0.15, 0.2) is 6.20 Å². The predicted molar refractivity (Wildman–Crippen MR) is 69.6 cm³/mol. The minimum Gasteiger partial charge on any atom is -0.393 e. The number of nitrogens with zero attached hydrogens (tertiary/aromatic N) is 3. The van der Waals surface area contributed by atoms with E-state index in [1.54, 1.807) is 0 Å². The first-order valence-electron chi connectivity index (χ1n) is 6.26. The molecule has 0 bridgehead atoms. The summed E-state index contributed by atoms with van der Waals surface area (Å²) in [5, 5.41) is 23.6. The number of nitrogens with one attached hydrogen (secondary N) is 1. The zero-order chi connectivity index (χ0) is 13.8. The van der Waals surface area contributed by atoms with Crippen molar-refractivity contribution in [2.75, 3.05) is 17.6 Å². The van der Waals surface area contributed by atoms with Crippen molar-refractivity contribution in [2.45, 2.75) is 31.8 Å². The molecule has 8 heteroatoms. The van der Waals surface area contributed by atoms with Gasteiger partial charge in [-0.1, -0.05) is 12.8 Å². The Bertz CT molecular complexity index is 468. The summed E-state index contributed by atoms with van der Waals surface area (Å²) >= 11 is 0. The van der Waals surface area contributed by atoms with E-state index >= 15 is 0 Å². The number of aliphatic hydroxyl groups excluding tert-OH is 1. The predicted octanol–water partition coefficient (Wildman–Crippen LogP) is 0.930. The number of hydrogen-bond donors (Lipinski definition) is 3. The Labute approximate surface area is 110 Å². The molecule has 0 spiro atoms. The van der Waals surface area contributed by atoms with E-state index in [4.69, 9.17) is 5.73 Å². The van der Waals surface area contributed by atoms with Gasteiger partial charge in [-0.25, -0.2) is 4.98 Å². The monoisotopic (exact) mass is 267 g/mol. The molecule has 19 heavy (non-hydrogen) atoms. The van der Waals surface area contributed by atoms with Crippen LogP contribution < -0.4 is 11.1 Å². The maximum absolute atomic E-state index is 10.8. The second-order valence-electron chi connectivity index (χ2n) is 4.71. The highest BCUT2D eigenvalue weighted by atomic mass is 16.6. The molecular formula is C11H17N5O3. The number of nitrogens with two attached hydrogens (primary N) is 1. The van der Waals surface area contributed by atoms with Gasteiger partial charge in [-0.15, -0.1) is 0 Å². The van der Waals surface area contributed by atoms with Gasteiger partial charge in [-0.3, -0.25) is 10.1 Å². The lowest BCUT2D eigenvalue weighted by Gasteiger charge is -2.27. The average Bonchev–Trinajstić information content (AvgIpc) is 2.37. The summed E-state index contributed by atoms with van der Waals surface area (Å²) in [7, 11) is 0. The highest BCUT2D eigenvalue weighted by Gasteiger charge is 2.24. The van der Waals surface area contributed by atoms with E-state index in [-0.39, 0.29) is 29.5 Å². The van der Waals surface area contributed by atoms with Crippen molar-refractivity contribution in [1.82, 2.24) is 9.97 Å². The Balaban J connectivity index is 2.05. The molecule has 2 rings (SSSR count). The average molecular weight is 267 g/mol. The fourth-order valence-electron chi connectivity index (χ4n) is 2.31. The standard InChI is InChI=1S/C11H17N5O3/c12-11-14-6-8(16(18)19)10(15-11)13-5-7-3-1-2-4-9(7)17/h6-7,9,17H,1-5H2,(H3,12,13,14,15). The van der Waals surface area contributed by atoms with E-state index in [1.807, 2.05) is 0 Å². The molecule has 2 atom stereocenters. The van der Waals surface area contributed by atoms with Gasteiger partial charge in [0.15, 0.2) is 0 Å². The van der Waals surface area contributed by atoms with Gasteiger partial charge in [-0.05, 0) is 12.8 Å². The number of nitrogen functional groups attached to an aromatic ring is 1. The molecule has 0 amide bonds. The fraction of sp³-hybridized carbons (Fsp3) is 0.636. The normalized spacial score (nSPS) is 23.0. The molecule has 1 aliphatic carbocycles. The number of anilines is 2. The first-order chi connectivity index (χ1) is 9.08. The molecule has 1 heterocycles. The lowest BCUT2D eigenvalue weighted by molar-refractivity contribution is -0.384. The topological polar surface area (TPSA) is 127 Å². The van der Waals surface area contributed by atoms with E-state index in [1.165, 1.54) is 0 Å². The molecule has 1 fully saturated rings. The fourth-order valence-corrected chi connectivity index (χ4v) is 2.31. The van der Waals surface area contributed by atoms with Crippen molar-refractivity contribution in [2.24, 2.45) is 5.92 Å². The van der Waals surface area contributed by atoms with Crippen LogP contribution in [0.3, 0.4) is 0 Å². The van der Waals surface area contributed by atoms with Gasteiger partial charge in [0.1, 0.15) is 6.20 Å². The molecule has 0 aromatic carbocycles. The van der Waals surface area contributed by atoms with Crippen LogP contribution in [-0.2, 0) is 0 Å². The number of aliphatic hydroxyl groups is 1. The van der Waals surface area contributed by atoms with Gasteiger partial charge in [-0.2, -0.15) is 4.98 Å². The summed E-state index contributed by atoms with van der Waals surface area (Å²) in [5.74, 6) is 0.178. The lowest BCUT2D eigenvalue weighted by Crippen LogP contribution is -2.30. The molecule has 1 aliphatic rings. The molecular weight excluding hydrogens is 250 g/mol. The molecule has 1 aromatic rings. The van der Waals surface area contributed by atoms with E-state index < -0.39 is 4.92 Å². The van der Waals surface area contributed by atoms with Crippen molar-refractivity contribution < 1.29 is 10.0 Å². The van der Waals surface area contributed by atoms with Crippen LogP contribution in [0.4, 0.5) is 17.5 Å². The van der Waals surface area contributed by atoms with E-state index in [0.29, 0.717) is 6.54 Å². The molecule has 1 aromatic heterocycles. The van der Waals surface area contributed by atoms with Crippen molar-refractivity contribution in [3.05, 3.63) is 16.3 Å². The van der Waals surface area contributed by atoms with Crippen molar-refractivity contribution >= 4 is 17.5 Å². The highest BCUT2D eigenvalue weighted by Crippen LogP contribution is 2.26. The van der Waals surface area contributed by atoms with Gasteiger partial charge in [0.25, 0.3) is 0 Å². The highest BCUT2D eigenvalue weighted by molar-refractivity contribution is 5.56. The molecule has 0 radical (unpaired) electrons. The Morgan fingerprint density at radius 3 is 2.95 bits per heavy atom. The van der Waals surface area contributed by atoms with Gasteiger partial charge in [0.05, 0.1) is 11.0 Å². The molecule has 104 valence electrons. The summed E-state index contributed by atoms with van der Waals surface area (Å²) in [6.07, 6.45) is 4.50. The maximum Gasteiger partial charge on any atom is 0.329 e. The van der Waals surface area contributed by atoms with Gasteiger partial charge in [0.2, 0.25) is 11.8 Å². The van der Waals surface area contributed by atoms with Crippen LogP contribution in [-0.4, -0.2) is 32.6 Å². The largest absolute Gasteiger partial charge is 0.393 e. The summed E-state index contributed by atoms with van der Waals surface area (Å²) < 4.78 is 0. The number of nitro groups is 1. The molecule has 0 saturated heterocycles. The number of aromatic nitrogens is 2. The SMILES string of the molecule is Nc1ncc([N+](=O)[O-])c(NCC2CCCCC2O)n1. The van der Waals surface area contributed by atoms with E-state index in [2.05, 4.69) is 15.3 Å². The van der Waals surface area contributed by atoms with Crippen LogP contribution in [0.25, 0.3) is 0 Å². The third-order valence-corrected chi connectivity index (χ3v) is 3.39. The maximum atomic E-state index is 10.8. The zero-order valence-electron chi connectivity index (χ0n) is 10.5. The Kier molecular flexibility index (Phi) is 4.10. The summed E-state index contributed by atoms with van der Waals surface area (Å²) in [6, 6.07) is 0. The van der Waals surface area contributed by atoms with Gasteiger partial charge in [0, 0.05) is 12.5 Å². The van der Waals surface area contributed by atoms with Crippen molar-refractivity contribution in [3.8, 4) is 0 Å². The van der Waals surface area contributed by atoms with Gasteiger partial charge < -0.3 is 16.2 Å². The smallest absolute Gasteiger partial charge is 0.329 e. The third kappa shape index (κ3) is 3.28. The minimum atomic E-state index is -0.556. The van der Waals surface area contributed by atoms with Crippen LogP contribution in [0.5, 0.6) is 0 Å². The van der Waals surface area contributed by atoms with Crippen LogP contribution in [0.2, 0.25) is 0 Å². The minimum absolute atomic E-state index is 0.0164. The lowest BCUT2D eigenvalue weighted by atomic mass is 9.86. The first kappa shape index (κ1) is 13.5. The van der Waals surface area contributed by atoms with Crippen molar-refractivity contribution in [3.63, 3.8) is 0 Å². The second kappa shape index (κ2) is 5.79. The summed E-state index contributed by atoms with van der Waals surface area (Å²) in [5.41, 5.74) is 5.22. The van der Waals surface area contributed by atoms with E-state index in [9.17, 15) is 15.2 Å². The summed E-state index contributed by atoms with van der Waals surface area (Å²) in [4.78, 5) is 17.7. The number of rotatable bonds is 4. The van der Waals surface area contributed by atoms with E-state index in [0.717, 1.165) is 31.9 Å². The first-order valence-corrected chi connectivity index (χ1v) is 6.26. The summed E-state index contributed by atoms with van der Waals surface area (Å²) in [6.45, 7) is 0.443. The zero-order valence-corrected chi connectivity index (χ0v) is 10.5. The molecule has 1 saturated carbocycles. The molecule has 8 nitrogen and oxygen atoms in total. The number of hydrogen-bond acceptors (Lipinski definition) is 7. The van der Waals surface area contributed by atoms with Crippen molar-refractivity contribution in [1.29, 1.82) is 0 Å². The van der Waals surface area contributed by atoms with Crippen LogP contribution in [0, 0.1) is 16.0 Å². The Morgan fingerprint density at radius 1 is 1.53 bits per heavy atom. The third-order valence-electron chi connectivity index (χ3n) is 3.39. The second-order valence-corrected chi connectivity index (χ2v) is 4.71. The Hall–Kier alpha value is -1.96.